The largest absolute Gasteiger partial charge is 0.378 e. The van der Waals surface area contributed by atoms with Crippen molar-refractivity contribution >= 4 is 56.7 Å². The smallest absolute Gasteiger partial charge is 0.287 e. The third kappa shape index (κ3) is 2.97. The monoisotopic (exact) mass is 356 g/mol. The number of hydrogen-bond donors (Lipinski definition) is 1. The Morgan fingerprint density at radius 1 is 0.909 bits per heavy atom. The summed E-state index contributed by atoms with van der Waals surface area (Å²) in [6, 6.07) is 10.1. The highest BCUT2D eigenvalue weighted by atomic mass is 35.5. The van der Waals surface area contributed by atoms with Crippen LogP contribution < -0.4 is 5.56 Å². The van der Waals surface area contributed by atoms with Gasteiger partial charge in [0, 0.05) is 10.0 Å². The number of benzene rings is 2. The molecule has 112 valence electrons. The molecule has 0 fully saturated rings. The fourth-order valence-corrected chi connectivity index (χ4v) is 2.33. The fourth-order valence-electron chi connectivity index (χ4n) is 1.81. The molecule has 0 unspecified atom stereocenters. The van der Waals surface area contributed by atoms with Crippen molar-refractivity contribution in [2.75, 3.05) is 0 Å². The molecule has 0 bridgehead atoms. The van der Waals surface area contributed by atoms with Gasteiger partial charge in [-0.05, 0) is 36.4 Å². The van der Waals surface area contributed by atoms with Crippen molar-refractivity contribution in [1.82, 2.24) is 10.3 Å². The third-order valence-electron chi connectivity index (χ3n) is 2.83. The predicted molar refractivity (Wildman–Crippen MR) is 85.9 cm³/mol. The first kappa shape index (κ1) is 15.0. The van der Waals surface area contributed by atoms with Crippen molar-refractivity contribution in [3.8, 4) is 0 Å². The molecule has 0 saturated heterocycles. The van der Waals surface area contributed by atoms with Gasteiger partial charge in [0.15, 0.2) is 16.3 Å². The first-order chi connectivity index (χ1) is 10.5. The summed E-state index contributed by atoms with van der Waals surface area (Å²) in [5.41, 5.74) is 0.932. The molecule has 2 aromatic heterocycles. The molecule has 2 aromatic carbocycles. The van der Waals surface area contributed by atoms with Gasteiger partial charge in [0.2, 0.25) is 0 Å². The molecule has 8 heteroatoms. The van der Waals surface area contributed by atoms with E-state index >= 15 is 0 Å². The number of hydrogen-bond acceptors (Lipinski definition) is 4. The standard InChI is InChI=1S/C7H3Cl2NO.C7H4ClNO2/c8-4-1-2-6-5(3-4)7(9)10-11-6;8-4-1-2-6-5(3-4)7(10)9-11-6/h1-3H;1-3H,(H,9,10). The summed E-state index contributed by atoms with van der Waals surface area (Å²) in [4.78, 5) is 10.9. The van der Waals surface area contributed by atoms with Crippen LogP contribution in [0.2, 0.25) is 15.2 Å². The number of fused-ring (bicyclic) bond motifs is 2. The van der Waals surface area contributed by atoms with E-state index in [-0.39, 0.29) is 5.56 Å². The Morgan fingerprint density at radius 2 is 1.55 bits per heavy atom. The van der Waals surface area contributed by atoms with E-state index in [0.29, 0.717) is 31.8 Å². The summed E-state index contributed by atoms with van der Waals surface area (Å²) < 4.78 is 9.67. The van der Waals surface area contributed by atoms with Crippen molar-refractivity contribution in [1.29, 1.82) is 0 Å². The van der Waals surface area contributed by atoms with Crippen molar-refractivity contribution < 1.29 is 9.05 Å². The maximum atomic E-state index is 10.9. The second kappa shape index (κ2) is 6.04. The van der Waals surface area contributed by atoms with Crippen LogP contribution in [0, 0.1) is 0 Å². The highest BCUT2D eigenvalue weighted by molar-refractivity contribution is 6.35. The lowest BCUT2D eigenvalue weighted by Gasteiger charge is -1.86. The third-order valence-corrected chi connectivity index (χ3v) is 3.57. The zero-order chi connectivity index (χ0) is 15.7. The van der Waals surface area contributed by atoms with Crippen LogP contribution in [0.25, 0.3) is 21.9 Å². The maximum Gasteiger partial charge on any atom is 0.287 e. The molecule has 0 amide bonds. The minimum Gasteiger partial charge on any atom is -0.378 e. The molecule has 0 atom stereocenters. The number of halogens is 3. The molecule has 0 radical (unpaired) electrons. The lowest BCUT2D eigenvalue weighted by Crippen LogP contribution is -1.95. The Bertz CT molecular complexity index is 1000. The summed E-state index contributed by atoms with van der Waals surface area (Å²) in [6.07, 6.45) is 0. The molecule has 0 saturated carbocycles. The number of nitrogens with one attached hydrogen (secondary N) is 1. The van der Waals surface area contributed by atoms with E-state index in [1.807, 2.05) is 0 Å². The summed E-state index contributed by atoms with van der Waals surface area (Å²) >= 11 is 17.1. The molecule has 4 rings (SSSR count). The molecule has 0 aliphatic heterocycles. The van der Waals surface area contributed by atoms with Crippen molar-refractivity contribution in [2.24, 2.45) is 0 Å². The molecule has 0 spiro atoms. The number of aromatic amines is 1. The Kier molecular flexibility index (Phi) is 4.11. The van der Waals surface area contributed by atoms with Crippen LogP contribution in [0.5, 0.6) is 0 Å². The molecule has 4 aromatic rings. The summed E-state index contributed by atoms with van der Waals surface area (Å²) in [5.74, 6) is 0. The number of rotatable bonds is 0. The minimum absolute atomic E-state index is 0.248. The fraction of sp³-hybridized carbons (Fsp3) is 0. The van der Waals surface area contributed by atoms with Crippen molar-refractivity contribution in [2.45, 2.75) is 0 Å². The minimum atomic E-state index is -0.248. The van der Waals surface area contributed by atoms with Gasteiger partial charge in [-0.15, -0.1) is 0 Å². The van der Waals surface area contributed by atoms with Crippen LogP contribution in [-0.4, -0.2) is 10.3 Å². The van der Waals surface area contributed by atoms with Crippen molar-refractivity contribution in [3.63, 3.8) is 0 Å². The molecule has 0 aliphatic rings. The average Bonchev–Trinajstić information content (AvgIpc) is 3.04. The zero-order valence-electron chi connectivity index (χ0n) is 10.8. The highest BCUT2D eigenvalue weighted by Gasteiger charge is 2.04. The van der Waals surface area contributed by atoms with E-state index < -0.39 is 0 Å². The Labute approximate surface area is 138 Å². The van der Waals surface area contributed by atoms with Gasteiger partial charge >= 0.3 is 0 Å². The first-order valence-electron chi connectivity index (χ1n) is 6.02. The average molecular weight is 358 g/mol. The van der Waals surface area contributed by atoms with Gasteiger partial charge in [0.05, 0.1) is 10.8 Å². The second-order valence-electron chi connectivity index (χ2n) is 4.29. The van der Waals surface area contributed by atoms with E-state index in [1.54, 1.807) is 36.4 Å². The van der Waals surface area contributed by atoms with Crippen LogP contribution >= 0.6 is 34.8 Å². The Hall–Kier alpha value is -1.95. The van der Waals surface area contributed by atoms with E-state index in [9.17, 15) is 4.79 Å². The molecule has 1 N–H and O–H groups in total. The quantitative estimate of drug-likeness (QED) is 0.485. The van der Waals surface area contributed by atoms with Crippen LogP contribution in [0.15, 0.2) is 50.2 Å². The molecule has 22 heavy (non-hydrogen) atoms. The van der Waals surface area contributed by atoms with E-state index in [2.05, 4.69) is 10.3 Å². The number of aromatic nitrogens is 2. The van der Waals surface area contributed by atoms with Gasteiger partial charge in [-0.1, -0.05) is 40.0 Å². The summed E-state index contributed by atoms with van der Waals surface area (Å²) in [7, 11) is 0. The molecule has 5 nitrogen and oxygen atoms in total. The zero-order valence-corrected chi connectivity index (χ0v) is 13.0. The van der Waals surface area contributed by atoms with Gasteiger partial charge in [-0.2, -0.15) is 5.16 Å². The Balaban J connectivity index is 0.000000131. The number of nitrogens with zero attached hydrogens (tertiary/aromatic N) is 1. The van der Waals surface area contributed by atoms with E-state index in [1.165, 1.54) is 0 Å². The second-order valence-corrected chi connectivity index (χ2v) is 5.52. The Morgan fingerprint density at radius 3 is 2.27 bits per heavy atom. The lowest BCUT2D eigenvalue weighted by molar-refractivity contribution is 0.449. The predicted octanol–water partition coefficient (Wildman–Crippen LogP) is 4.91. The van der Waals surface area contributed by atoms with Crippen LogP contribution in [0.1, 0.15) is 0 Å². The van der Waals surface area contributed by atoms with Gasteiger partial charge in [0.1, 0.15) is 0 Å². The molecule has 2 heterocycles. The van der Waals surface area contributed by atoms with Crippen molar-refractivity contribution in [3.05, 3.63) is 62.0 Å². The molecular formula is C14H7Cl3N2O3. The summed E-state index contributed by atoms with van der Waals surface area (Å²) in [5, 5.41) is 8.53. The molecule has 0 aliphatic carbocycles. The lowest BCUT2D eigenvalue weighted by atomic mass is 10.3. The van der Waals surface area contributed by atoms with E-state index in [4.69, 9.17) is 43.8 Å². The van der Waals surface area contributed by atoms with Gasteiger partial charge in [-0.25, -0.2) is 0 Å². The topological polar surface area (TPSA) is 72.0 Å². The SMILES string of the molecule is Clc1ccc2onc(Cl)c2c1.O=c1[nH]oc2ccc(Cl)cc12. The van der Waals surface area contributed by atoms with Gasteiger partial charge in [0.25, 0.3) is 5.56 Å². The summed E-state index contributed by atoms with van der Waals surface area (Å²) in [6.45, 7) is 0. The van der Waals surface area contributed by atoms with Crippen LogP contribution in [0.3, 0.4) is 0 Å². The van der Waals surface area contributed by atoms with Gasteiger partial charge < -0.3 is 9.05 Å². The highest BCUT2D eigenvalue weighted by Crippen LogP contribution is 2.25. The van der Waals surface area contributed by atoms with Crippen LogP contribution in [0.4, 0.5) is 0 Å². The normalized spacial score (nSPS) is 10.7. The first-order valence-corrected chi connectivity index (χ1v) is 7.15. The van der Waals surface area contributed by atoms with Crippen LogP contribution in [-0.2, 0) is 0 Å². The maximum absolute atomic E-state index is 10.9. The molecular weight excluding hydrogens is 351 g/mol. The van der Waals surface area contributed by atoms with E-state index in [0.717, 1.165) is 5.39 Å². The number of H-pyrrole nitrogens is 1. The van der Waals surface area contributed by atoms with Gasteiger partial charge in [-0.3, -0.25) is 4.79 Å².